The SMILES string of the molecule is COCCCOc1cc(OC)ccc1CCl. The molecule has 0 saturated heterocycles. The summed E-state index contributed by atoms with van der Waals surface area (Å²) in [6, 6.07) is 5.64. The van der Waals surface area contributed by atoms with Gasteiger partial charge in [-0.3, -0.25) is 0 Å². The lowest BCUT2D eigenvalue weighted by molar-refractivity contribution is 0.172. The number of ether oxygens (including phenoxy) is 3. The third-order valence-corrected chi connectivity index (χ3v) is 2.46. The monoisotopic (exact) mass is 244 g/mol. The minimum Gasteiger partial charge on any atom is -0.497 e. The smallest absolute Gasteiger partial charge is 0.127 e. The van der Waals surface area contributed by atoms with Crippen molar-refractivity contribution in [1.82, 2.24) is 0 Å². The van der Waals surface area contributed by atoms with E-state index in [4.69, 9.17) is 25.8 Å². The molecule has 0 fully saturated rings. The Kier molecular flexibility index (Phi) is 6.04. The van der Waals surface area contributed by atoms with Crippen molar-refractivity contribution in [3.63, 3.8) is 0 Å². The average Bonchev–Trinajstić information content (AvgIpc) is 2.34. The number of hydrogen-bond donors (Lipinski definition) is 0. The number of alkyl halides is 1. The summed E-state index contributed by atoms with van der Waals surface area (Å²) in [6.07, 6.45) is 0.857. The highest BCUT2D eigenvalue weighted by atomic mass is 35.5. The lowest BCUT2D eigenvalue weighted by atomic mass is 10.2. The summed E-state index contributed by atoms with van der Waals surface area (Å²) in [4.78, 5) is 0. The summed E-state index contributed by atoms with van der Waals surface area (Å²) in [5.74, 6) is 1.99. The summed E-state index contributed by atoms with van der Waals surface area (Å²) in [5, 5.41) is 0. The zero-order chi connectivity index (χ0) is 11.8. The molecule has 0 radical (unpaired) electrons. The summed E-state index contributed by atoms with van der Waals surface area (Å²) < 4.78 is 15.7. The normalized spacial score (nSPS) is 10.2. The topological polar surface area (TPSA) is 27.7 Å². The van der Waals surface area contributed by atoms with Crippen LogP contribution < -0.4 is 9.47 Å². The van der Waals surface area contributed by atoms with E-state index in [0.717, 1.165) is 23.5 Å². The predicted octanol–water partition coefficient (Wildman–Crippen LogP) is 2.85. The van der Waals surface area contributed by atoms with Crippen molar-refractivity contribution in [3.8, 4) is 11.5 Å². The summed E-state index contributed by atoms with van der Waals surface area (Å²) >= 11 is 5.82. The van der Waals surface area contributed by atoms with Gasteiger partial charge in [-0.15, -0.1) is 11.6 Å². The van der Waals surface area contributed by atoms with Gasteiger partial charge in [0.15, 0.2) is 0 Å². The third kappa shape index (κ3) is 3.91. The molecule has 1 rings (SSSR count). The second-order valence-corrected chi connectivity index (χ2v) is 3.57. The Bertz CT molecular complexity index is 315. The zero-order valence-corrected chi connectivity index (χ0v) is 10.4. The van der Waals surface area contributed by atoms with Crippen molar-refractivity contribution in [2.75, 3.05) is 27.4 Å². The molecule has 0 aliphatic heterocycles. The Morgan fingerprint density at radius 1 is 1.19 bits per heavy atom. The highest BCUT2D eigenvalue weighted by Gasteiger charge is 2.04. The molecule has 1 aromatic carbocycles. The third-order valence-electron chi connectivity index (χ3n) is 2.17. The van der Waals surface area contributed by atoms with Gasteiger partial charge in [0, 0.05) is 31.8 Å². The lowest BCUT2D eigenvalue weighted by Gasteiger charge is -2.11. The number of methoxy groups -OCH3 is 2. The van der Waals surface area contributed by atoms with Gasteiger partial charge in [-0.05, 0) is 6.07 Å². The second kappa shape index (κ2) is 7.36. The summed E-state index contributed by atoms with van der Waals surface area (Å²) in [7, 11) is 3.31. The Hall–Kier alpha value is -0.930. The van der Waals surface area contributed by atoms with Crippen molar-refractivity contribution in [2.24, 2.45) is 0 Å². The molecule has 0 aliphatic carbocycles. The lowest BCUT2D eigenvalue weighted by Crippen LogP contribution is -2.03. The van der Waals surface area contributed by atoms with Crippen molar-refractivity contribution < 1.29 is 14.2 Å². The molecule has 0 aliphatic rings. The molecular weight excluding hydrogens is 228 g/mol. The minimum absolute atomic E-state index is 0.434. The first-order valence-electron chi connectivity index (χ1n) is 5.16. The molecule has 0 aromatic heterocycles. The largest absolute Gasteiger partial charge is 0.497 e. The van der Waals surface area contributed by atoms with E-state index < -0.39 is 0 Å². The van der Waals surface area contributed by atoms with E-state index in [9.17, 15) is 0 Å². The van der Waals surface area contributed by atoms with Crippen LogP contribution in [0.3, 0.4) is 0 Å². The van der Waals surface area contributed by atoms with Crippen LogP contribution in [0.15, 0.2) is 18.2 Å². The summed E-state index contributed by atoms with van der Waals surface area (Å²) in [6.45, 7) is 1.31. The van der Waals surface area contributed by atoms with Crippen LogP contribution in [-0.2, 0) is 10.6 Å². The Morgan fingerprint density at radius 2 is 2.00 bits per heavy atom. The van der Waals surface area contributed by atoms with E-state index in [2.05, 4.69) is 0 Å². The van der Waals surface area contributed by atoms with Crippen LogP contribution >= 0.6 is 11.6 Å². The van der Waals surface area contributed by atoms with Crippen molar-refractivity contribution in [3.05, 3.63) is 23.8 Å². The highest BCUT2D eigenvalue weighted by molar-refractivity contribution is 6.17. The summed E-state index contributed by atoms with van der Waals surface area (Å²) in [5.41, 5.74) is 0.972. The van der Waals surface area contributed by atoms with E-state index in [-0.39, 0.29) is 0 Å². The van der Waals surface area contributed by atoms with Gasteiger partial charge < -0.3 is 14.2 Å². The van der Waals surface area contributed by atoms with Crippen molar-refractivity contribution in [1.29, 1.82) is 0 Å². The van der Waals surface area contributed by atoms with E-state index in [1.165, 1.54) is 0 Å². The van der Waals surface area contributed by atoms with Crippen LogP contribution in [0.1, 0.15) is 12.0 Å². The highest BCUT2D eigenvalue weighted by Crippen LogP contribution is 2.26. The Labute approximate surface area is 101 Å². The van der Waals surface area contributed by atoms with Crippen LogP contribution in [-0.4, -0.2) is 27.4 Å². The van der Waals surface area contributed by atoms with Gasteiger partial charge in [-0.2, -0.15) is 0 Å². The maximum atomic E-state index is 5.82. The van der Waals surface area contributed by atoms with Crippen LogP contribution in [0, 0.1) is 0 Å². The van der Waals surface area contributed by atoms with Crippen LogP contribution in [0.5, 0.6) is 11.5 Å². The van der Waals surface area contributed by atoms with Gasteiger partial charge >= 0.3 is 0 Å². The number of rotatable bonds is 7. The van der Waals surface area contributed by atoms with Gasteiger partial charge in [-0.25, -0.2) is 0 Å². The molecule has 0 heterocycles. The minimum atomic E-state index is 0.434. The first-order chi connectivity index (χ1) is 7.81. The Morgan fingerprint density at radius 3 is 2.62 bits per heavy atom. The molecule has 1 aromatic rings. The van der Waals surface area contributed by atoms with Crippen LogP contribution in [0.25, 0.3) is 0 Å². The zero-order valence-electron chi connectivity index (χ0n) is 9.66. The maximum Gasteiger partial charge on any atom is 0.127 e. The number of benzene rings is 1. The second-order valence-electron chi connectivity index (χ2n) is 3.30. The molecule has 16 heavy (non-hydrogen) atoms. The molecule has 0 saturated carbocycles. The fourth-order valence-electron chi connectivity index (χ4n) is 1.29. The van der Waals surface area contributed by atoms with E-state index in [1.807, 2.05) is 18.2 Å². The van der Waals surface area contributed by atoms with E-state index in [0.29, 0.717) is 19.1 Å². The number of hydrogen-bond acceptors (Lipinski definition) is 3. The van der Waals surface area contributed by atoms with Crippen molar-refractivity contribution in [2.45, 2.75) is 12.3 Å². The maximum absolute atomic E-state index is 5.82. The molecule has 4 heteroatoms. The molecule has 0 amide bonds. The predicted molar refractivity (Wildman–Crippen MR) is 64.5 cm³/mol. The average molecular weight is 245 g/mol. The molecule has 90 valence electrons. The van der Waals surface area contributed by atoms with E-state index >= 15 is 0 Å². The molecule has 3 nitrogen and oxygen atoms in total. The van der Waals surface area contributed by atoms with E-state index in [1.54, 1.807) is 14.2 Å². The first kappa shape index (κ1) is 13.1. The molecule has 0 unspecified atom stereocenters. The fourth-order valence-corrected chi connectivity index (χ4v) is 1.51. The number of halogens is 1. The fraction of sp³-hybridized carbons (Fsp3) is 0.500. The molecule has 0 atom stereocenters. The van der Waals surface area contributed by atoms with Gasteiger partial charge in [0.25, 0.3) is 0 Å². The molecule has 0 bridgehead atoms. The van der Waals surface area contributed by atoms with Crippen LogP contribution in [0.4, 0.5) is 0 Å². The quantitative estimate of drug-likeness (QED) is 0.545. The standard InChI is InChI=1S/C12H17ClO3/c1-14-6-3-7-16-12-8-11(15-2)5-4-10(12)9-13/h4-5,8H,3,6-7,9H2,1-2H3. The van der Waals surface area contributed by atoms with Crippen LogP contribution in [0.2, 0.25) is 0 Å². The van der Waals surface area contributed by atoms with Gasteiger partial charge in [-0.1, -0.05) is 6.07 Å². The first-order valence-corrected chi connectivity index (χ1v) is 5.70. The van der Waals surface area contributed by atoms with Gasteiger partial charge in [0.1, 0.15) is 11.5 Å². The molecule has 0 N–H and O–H groups in total. The Balaban J connectivity index is 2.60. The van der Waals surface area contributed by atoms with Crippen molar-refractivity contribution >= 4 is 11.6 Å². The molecule has 0 spiro atoms. The van der Waals surface area contributed by atoms with Gasteiger partial charge in [0.2, 0.25) is 0 Å². The van der Waals surface area contributed by atoms with Gasteiger partial charge in [0.05, 0.1) is 19.6 Å². The molecular formula is C12H17ClO3.